The average Bonchev–Trinajstić information content (AvgIpc) is 3.33. The number of nitrogens with zero attached hydrogens (tertiary/aromatic N) is 2. The molecular formula is C32H38N2O9. The van der Waals surface area contributed by atoms with Gasteiger partial charge in [-0.25, -0.2) is 4.79 Å². The van der Waals surface area contributed by atoms with Crippen LogP contribution in [-0.2, 0) is 35.0 Å². The normalized spacial score (nSPS) is 21.2. The highest BCUT2D eigenvalue weighted by Crippen LogP contribution is 2.41. The zero-order valence-corrected chi connectivity index (χ0v) is 25.2. The minimum atomic E-state index is -0.920. The van der Waals surface area contributed by atoms with Crippen LogP contribution in [0.1, 0.15) is 57.6 Å². The monoisotopic (exact) mass is 594 g/mol. The van der Waals surface area contributed by atoms with Gasteiger partial charge in [0.1, 0.15) is 24.4 Å². The van der Waals surface area contributed by atoms with E-state index < -0.39 is 34.5 Å². The molecule has 11 heteroatoms. The Morgan fingerprint density at radius 1 is 1.12 bits per heavy atom. The minimum Gasteiger partial charge on any atom is -0.491 e. The van der Waals surface area contributed by atoms with E-state index >= 15 is 0 Å². The molecule has 2 heterocycles. The number of ether oxygens (including phenoxy) is 5. The molecule has 1 fully saturated rings. The third-order valence-electron chi connectivity index (χ3n) is 7.46. The number of hydrogen-bond acceptors (Lipinski definition) is 10. The highest BCUT2D eigenvalue weighted by atomic mass is 16.7. The van der Waals surface area contributed by atoms with Gasteiger partial charge in [0.15, 0.2) is 5.79 Å². The summed E-state index contributed by atoms with van der Waals surface area (Å²) in [5.41, 5.74) is 2.46. The van der Waals surface area contributed by atoms with E-state index in [1.54, 1.807) is 19.9 Å². The molecular weight excluding hydrogens is 556 g/mol. The second-order valence-electron chi connectivity index (χ2n) is 11.1. The molecule has 1 saturated heterocycles. The molecule has 0 aliphatic carbocycles. The van der Waals surface area contributed by atoms with Crippen LogP contribution in [0.5, 0.6) is 5.75 Å². The van der Waals surface area contributed by atoms with E-state index in [-0.39, 0.29) is 24.0 Å². The molecule has 0 spiro atoms. The molecule has 2 aromatic carbocycles. The number of aryl methyl sites for hydroxylation is 1. The third-order valence-corrected chi connectivity index (χ3v) is 7.46. The Balaban J connectivity index is 1.33. The van der Waals surface area contributed by atoms with Crippen molar-refractivity contribution in [1.82, 2.24) is 0 Å². The van der Waals surface area contributed by atoms with Crippen molar-refractivity contribution in [1.29, 1.82) is 0 Å². The van der Waals surface area contributed by atoms with Crippen molar-refractivity contribution in [2.45, 2.75) is 64.8 Å². The number of aliphatic imine (C=N–C) groups is 1. The Kier molecular flexibility index (Phi) is 10.3. The second kappa shape index (κ2) is 13.9. The zero-order chi connectivity index (χ0) is 31.1. The van der Waals surface area contributed by atoms with E-state index in [0.717, 1.165) is 24.2 Å². The molecule has 0 N–H and O–H groups in total. The molecule has 0 radical (unpaired) electrons. The van der Waals surface area contributed by atoms with E-state index in [1.165, 1.54) is 25.3 Å². The molecule has 0 saturated carbocycles. The predicted molar refractivity (Wildman–Crippen MR) is 158 cm³/mol. The number of carbonyl (C=O) groups excluding carboxylic acids is 2. The summed E-state index contributed by atoms with van der Waals surface area (Å²) in [5, 5.41) is 11.4. The summed E-state index contributed by atoms with van der Waals surface area (Å²) in [4.78, 5) is 41.5. The molecule has 3 atom stereocenters. The number of methoxy groups -OCH3 is 1. The van der Waals surface area contributed by atoms with Gasteiger partial charge >= 0.3 is 11.9 Å². The molecule has 230 valence electrons. The molecule has 0 bridgehead atoms. The highest BCUT2D eigenvalue weighted by molar-refractivity contribution is 6.07. The molecule has 3 unspecified atom stereocenters. The van der Waals surface area contributed by atoms with Crippen molar-refractivity contribution in [2.75, 3.05) is 26.9 Å². The Hall–Kier alpha value is -4.09. The van der Waals surface area contributed by atoms with Crippen molar-refractivity contribution < 1.29 is 38.2 Å². The van der Waals surface area contributed by atoms with Crippen molar-refractivity contribution in [3.8, 4) is 5.75 Å². The molecule has 11 nitrogen and oxygen atoms in total. The van der Waals surface area contributed by atoms with Gasteiger partial charge in [0.25, 0.3) is 5.69 Å². The van der Waals surface area contributed by atoms with E-state index in [0.29, 0.717) is 36.6 Å². The fourth-order valence-corrected chi connectivity index (χ4v) is 5.39. The number of nitro groups is 1. The highest BCUT2D eigenvalue weighted by Gasteiger charge is 2.42. The van der Waals surface area contributed by atoms with Gasteiger partial charge in [-0.2, -0.15) is 0 Å². The molecule has 2 aliphatic rings. The summed E-state index contributed by atoms with van der Waals surface area (Å²) >= 11 is 0. The number of esters is 2. The fourth-order valence-electron chi connectivity index (χ4n) is 5.39. The number of benzene rings is 2. The first-order valence-corrected chi connectivity index (χ1v) is 14.3. The van der Waals surface area contributed by atoms with Gasteiger partial charge in [-0.15, -0.1) is 0 Å². The Morgan fingerprint density at radius 3 is 2.51 bits per heavy atom. The van der Waals surface area contributed by atoms with Crippen LogP contribution in [0.25, 0.3) is 0 Å². The van der Waals surface area contributed by atoms with E-state index in [2.05, 4.69) is 4.99 Å². The first-order chi connectivity index (χ1) is 20.5. The van der Waals surface area contributed by atoms with Crippen LogP contribution >= 0.6 is 0 Å². The van der Waals surface area contributed by atoms with Gasteiger partial charge in [-0.3, -0.25) is 19.9 Å². The van der Waals surface area contributed by atoms with Crippen molar-refractivity contribution in [3.05, 3.63) is 81.0 Å². The van der Waals surface area contributed by atoms with Crippen molar-refractivity contribution in [2.24, 2.45) is 10.9 Å². The number of unbranched alkanes of at least 4 members (excludes halogenated alkanes) is 1. The molecule has 2 aliphatic heterocycles. The first kappa shape index (κ1) is 31.8. The maximum absolute atomic E-state index is 13.4. The third kappa shape index (κ3) is 8.05. The quantitative estimate of drug-likeness (QED) is 0.139. The number of hydrogen-bond donors (Lipinski definition) is 0. The van der Waals surface area contributed by atoms with Crippen LogP contribution in [-0.4, -0.2) is 61.4 Å². The summed E-state index contributed by atoms with van der Waals surface area (Å²) in [6, 6.07) is 13.8. The maximum atomic E-state index is 13.4. The number of nitro benzene ring substituents is 1. The van der Waals surface area contributed by atoms with Gasteiger partial charge in [-0.05, 0) is 70.2 Å². The van der Waals surface area contributed by atoms with Crippen LogP contribution in [0, 0.1) is 16.0 Å². The number of allylic oxidation sites excluding steroid dienone is 1. The summed E-state index contributed by atoms with van der Waals surface area (Å²) in [6.07, 6.45) is 2.09. The Labute approximate surface area is 251 Å². The minimum absolute atomic E-state index is 0.103. The van der Waals surface area contributed by atoms with E-state index in [9.17, 15) is 19.7 Å². The van der Waals surface area contributed by atoms with Gasteiger partial charge < -0.3 is 23.7 Å². The van der Waals surface area contributed by atoms with Crippen LogP contribution in [0.2, 0.25) is 0 Å². The topological polar surface area (TPSA) is 136 Å². The lowest BCUT2D eigenvalue weighted by Crippen LogP contribution is -2.36. The smallest absolute Gasteiger partial charge is 0.336 e. The van der Waals surface area contributed by atoms with Gasteiger partial charge in [0.2, 0.25) is 0 Å². The standard InChI is InChI=1S/C32H38N2O9/c1-20-27(30(35)39-5)29(23-10-8-11-24(17-23)34(37)38)28(21(2)33-20)31(36)40-16-7-6-9-22-12-14-25(15-13-22)41-18-26-19-42-32(3,4)43-26/h8,10-15,17,26-27,29H,6-7,9,16,18-19H2,1-5H3. The van der Waals surface area contributed by atoms with Gasteiger partial charge in [-0.1, -0.05) is 24.3 Å². The predicted octanol–water partition coefficient (Wildman–Crippen LogP) is 5.31. The average molecular weight is 595 g/mol. The lowest BCUT2D eigenvalue weighted by atomic mass is 9.75. The Morgan fingerprint density at radius 2 is 1.86 bits per heavy atom. The molecule has 0 amide bonds. The largest absolute Gasteiger partial charge is 0.491 e. The summed E-state index contributed by atoms with van der Waals surface area (Å²) < 4.78 is 27.8. The van der Waals surface area contributed by atoms with E-state index in [1.807, 2.05) is 38.1 Å². The van der Waals surface area contributed by atoms with Gasteiger partial charge in [0, 0.05) is 29.5 Å². The maximum Gasteiger partial charge on any atom is 0.336 e. The SMILES string of the molecule is COC(=O)C1C(C)=NC(C)=C(C(=O)OCCCCc2ccc(OCC3COC(C)(C)O3)cc2)C1c1cccc([N+](=O)[O-])c1. The molecule has 4 rings (SSSR count). The summed E-state index contributed by atoms with van der Waals surface area (Å²) in [7, 11) is 1.26. The van der Waals surface area contributed by atoms with Crippen LogP contribution < -0.4 is 4.74 Å². The number of carbonyl (C=O) groups is 2. The van der Waals surface area contributed by atoms with Crippen LogP contribution in [0.15, 0.2) is 64.8 Å². The molecule has 43 heavy (non-hydrogen) atoms. The summed E-state index contributed by atoms with van der Waals surface area (Å²) in [6.45, 7) is 8.19. The fraction of sp³-hybridized carbons (Fsp3) is 0.469. The van der Waals surface area contributed by atoms with Gasteiger partial charge in [0.05, 0.1) is 30.8 Å². The number of non-ortho nitro benzene ring substituents is 1. The van der Waals surface area contributed by atoms with Crippen LogP contribution in [0.4, 0.5) is 5.69 Å². The van der Waals surface area contributed by atoms with E-state index in [4.69, 9.17) is 23.7 Å². The first-order valence-electron chi connectivity index (χ1n) is 14.3. The molecule has 2 aromatic rings. The molecule has 0 aromatic heterocycles. The van der Waals surface area contributed by atoms with Crippen molar-refractivity contribution in [3.63, 3.8) is 0 Å². The Bertz CT molecular complexity index is 1400. The lowest BCUT2D eigenvalue weighted by molar-refractivity contribution is -0.384. The lowest BCUT2D eigenvalue weighted by Gasteiger charge is -2.31. The summed E-state index contributed by atoms with van der Waals surface area (Å²) in [5.74, 6) is -2.78. The van der Waals surface area contributed by atoms with Crippen LogP contribution in [0.3, 0.4) is 0 Å². The zero-order valence-electron chi connectivity index (χ0n) is 25.2. The second-order valence-corrected chi connectivity index (χ2v) is 11.1. The number of rotatable bonds is 12. The van der Waals surface area contributed by atoms with Crippen molar-refractivity contribution >= 4 is 23.3 Å².